The molecular formula is C43H38N6O7. The van der Waals surface area contributed by atoms with E-state index in [-0.39, 0.29) is 58.6 Å². The summed E-state index contributed by atoms with van der Waals surface area (Å²) in [6.45, 7) is 3.40. The second-order valence-corrected chi connectivity index (χ2v) is 12.5. The normalized spacial score (nSPS) is 10.5. The predicted octanol–water partition coefficient (Wildman–Crippen LogP) is 7.64. The Morgan fingerprint density at radius 2 is 0.804 bits per heavy atom. The van der Waals surface area contributed by atoms with E-state index < -0.39 is 11.8 Å². The van der Waals surface area contributed by atoms with Gasteiger partial charge in [-0.25, -0.2) is 9.97 Å². The number of pyridine rings is 2. The third-order valence-corrected chi connectivity index (χ3v) is 7.86. The Bertz CT molecular complexity index is 2180. The average Bonchev–Trinajstić information content (AvgIpc) is 3.19. The number of aromatic nitrogens is 2. The minimum Gasteiger partial charge on any atom is -0.489 e. The minimum absolute atomic E-state index is 0.0248. The van der Waals surface area contributed by atoms with Gasteiger partial charge in [0.1, 0.15) is 60.3 Å². The molecule has 0 saturated carbocycles. The molecule has 0 bridgehead atoms. The fourth-order valence-corrected chi connectivity index (χ4v) is 5.36. The van der Waals surface area contributed by atoms with Gasteiger partial charge in [0.25, 0.3) is 11.8 Å². The second kappa shape index (κ2) is 18.5. The molecule has 0 radical (unpaired) electrons. The molecule has 4 aromatic carbocycles. The number of nitrogens with zero attached hydrogens (tertiary/aromatic N) is 2. The molecule has 0 unspecified atom stereocenters. The Morgan fingerprint density at radius 1 is 0.429 bits per heavy atom. The van der Waals surface area contributed by atoms with Crippen molar-refractivity contribution in [3.8, 4) is 17.2 Å². The van der Waals surface area contributed by atoms with Crippen molar-refractivity contribution >= 4 is 46.9 Å². The van der Waals surface area contributed by atoms with Gasteiger partial charge in [-0.3, -0.25) is 19.2 Å². The maximum atomic E-state index is 13.6. The number of ether oxygens (including phenoxy) is 3. The minimum atomic E-state index is -0.587. The zero-order valence-corrected chi connectivity index (χ0v) is 30.6. The smallest absolute Gasteiger partial charge is 0.256 e. The quantitative estimate of drug-likeness (QED) is 0.0824. The molecule has 4 amide bonds. The van der Waals surface area contributed by atoms with Crippen molar-refractivity contribution in [3.05, 3.63) is 161 Å². The third kappa shape index (κ3) is 11.5. The summed E-state index contributed by atoms with van der Waals surface area (Å²) >= 11 is 0. The van der Waals surface area contributed by atoms with Crippen LogP contribution in [0.1, 0.15) is 51.3 Å². The molecule has 0 aliphatic carbocycles. The molecule has 13 heteroatoms. The van der Waals surface area contributed by atoms with Gasteiger partial charge in [-0.15, -0.1) is 0 Å². The van der Waals surface area contributed by atoms with E-state index in [0.29, 0.717) is 30.3 Å². The summed E-state index contributed by atoms with van der Waals surface area (Å²) in [5.41, 5.74) is 2.88. The Balaban J connectivity index is 1.26. The molecule has 0 fully saturated rings. The molecule has 0 saturated heterocycles. The van der Waals surface area contributed by atoms with Gasteiger partial charge >= 0.3 is 0 Å². The monoisotopic (exact) mass is 750 g/mol. The molecule has 0 atom stereocenters. The van der Waals surface area contributed by atoms with Crippen molar-refractivity contribution < 1.29 is 33.4 Å². The molecule has 0 spiro atoms. The summed E-state index contributed by atoms with van der Waals surface area (Å²) in [7, 11) is 0. The molecule has 0 aliphatic heterocycles. The van der Waals surface area contributed by atoms with Gasteiger partial charge in [0.05, 0.1) is 0 Å². The van der Waals surface area contributed by atoms with Crippen LogP contribution in [0.5, 0.6) is 17.2 Å². The summed E-state index contributed by atoms with van der Waals surface area (Å²) < 4.78 is 18.5. The fraction of sp³-hybridized carbons (Fsp3) is 0.116. The number of hydrogen-bond acceptors (Lipinski definition) is 9. The van der Waals surface area contributed by atoms with Crippen LogP contribution in [0, 0.1) is 0 Å². The van der Waals surface area contributed by atoms with E-state index in [1.807, 2.05) is 78.9 Å². The van der Waals surface area contributed by atoms with Crippen molar-refractivity contribution in [2.45, 2.75) is 33.7 Å². The number of anilines is 4. The lowest BCUT2D eigenvalue weighted by atomic mass is 10.1. The lowest BCUT2D eigenvalue weighted by Crippen LogP contribution is -2.18. The first kappa shape index (κ1) is 38.2. The van der Waals surface area contributed by atoms with E-state index in [1.165, 1.54) is 32.0 Å². The van der Waals surface area contributed by atoms with Gasteiger partial charge in [-0.05, 0) is 71.3 Å². The predicted molar refractivity (Wildman–Crippen MR) is 212 cm³/mol. The highest BCUT2D eigenvalue weighted by Crippen LogP contribution is 2.27. The first-order chi connectivity index (χ1) is 27.1. The molecule has 56 heavy (non-hydrogen) atoms. The summed E-state index contributed by atoms with van der Waals surface area (Å²) in [5, 5.41) is 10.6. The van der Waals surface area contributed by atoms with Crippen LogP contribution in [0.15, 0.2) is 133 Å². The maximum Gasteiger partial charge on any atom is 0.256 e. The summed E-state index contributed by atoms with van der Waals surface area (Å²) in [5.74, 6) is 0.385. The number of carbonyl (C=O) groups excluding carboxylic acids is 4. The van der Waals surface area contributed by atoms with Crippen LogP contribution in [0.2, 0.25) is 0 Å². The number of benzene rings is 4. The molecule has 6 rings (SSSR count). The van der Waals surface area contributed by atoms with Crippen LogP contribution in [-0.4, -0.2) is 33.6 Å². The first-order valence-electron chi connectivity index (χ1n) is 17.5. The Morgan fingerprint density at radius 3 is 1.21 bits per heavy atom. The lowest BCUT2D eigenvalue weighted by Gasteiger charge is -2.15. The number of carbonyl (C=O) groups is 4. The van der Waals surface area contributed by atoms with Crippen molar-refractivity contribution in [1.29, 1.82) is 0 Å². The number of nitrogens with one attached hydrogen (secondary N) is 4. The van der Waals surface area contributed by atoms with Gasteiger partial charge in [-0.1, -0.05) is 72.8 Å². The topological polar surface area (TPSA) is 170 Å². The Kier molecular flexibility index (Phi) is 12.6. The summed E-state index contributed by atoms with van der Waals surface area (Å²) in [6.07, 6.45) is 0. The average molecular weight is 751 g/mol. The van der Waals surface area contributed by atoms with Crippen molar-refractivity contribution in [1.82, 2.24) is 9.97 Å². The number of rotatable bonds is 15. The zero-order chi connectivity index (χ0) is 39.3. The summed E-state index contributed by atoms with van der Waals surface area (Å²) in [6, 6.07) is 39.0. The van der Waals surface area contributed by atoms with Crippen molar-refractivity contribution in [2.24, 2.45) is 0 Å². The van der Waals surface area contributed by atoms with E-state index in [9.17, 15) is 19.2 Å². The molecule has 2 heterocycles. The second-order valence-electron chi connectivity index (χ2n) is 12.5. The van der Waals surface area contributed by atoms with Crippen LogP contribution < -0.4 is 35.5 Å². The summed E-state index contributed by atoms with van der Waals surface area (Å²) in [4.78, 5) is 58.9. The molecule has 13 nitrogen and oxygen atoms in total. The van der Waals surface area contributed by atoms with Crippen LogP contribution in [0.3, 0.4) is 0 Å². The number of hydrogen-bond donors (Lipinski definition) is 4. The van der Waals surface area contributed by atoms with Crippen LogP contribution in [0.4, 0.5) is 23.3 Å². The Labute approximate surface area is 323 Å². The van der Waals surface area contributed by atoms with Crippen LogP contribution in [-0.2, 0) is 29.4 Å². The first-order valence-corrected chi connectivity index (χ1v) is 17.5. The third-order valence-electron chi connectivity index (χ3n) is 7.86. The maximum absolute atomic E-state index is 13.6. The Hall–Kier alpha value is -7.54. The van der Waals surface area contributed by atoms with Crippen LogP contribution in [0.25, 0.3) is 0 Å². The van der Waals surface area contributed by atoms with E-state index in [1.54, 1.807) is 36.4 Å². The van der Waals surface area contributed by atoms with E-state index in [4.69, 9.17) is 14.2 Å². The molecule has 0 aliphatic rings. The zero-order valence-electron chi connectivity index (χ0n) is 30.6. The molecular weight excluding hydrogens is 713 g/mol. The molecule has 4 N–H and O–H groups in total. The largest absolute Gasteiger partial charge is 0.489 e. The number of amides is 4. The van der Waals surface area contributed by atoms with Gasteiger partial charge in [0.2, 0.25) is 11.8 Å². The highest BCUT2D eigenvalue weighted by atomic mass is 16.5. The van der Waals surface area contributed by atoms with E-state index in [0.717, 1.165) is 11.1 Å². The van der Waals surface area contributed by atoms with Gasteiger partial charge in [-0.2, -0.15) is 0 Å². The fourth-order valence-electron chi connectivity index (χ4n) is 5.36. The van der Waals surface area contributed by atoms with Crippen molar-refractivity contribution in [3.63, 3.8) is 0 Å². The van der Waals surface area contributed by atoms with E-state index in [2.05, 4.69) is 31.2 Å². The van der Waals surface area contributed by atoms with Crippen LogP contribution >= 0.6 is 0 Å². The van der Waals surface area contributed by atoms with Gasteiger partial charge in [0.15, 0.2) is 0 Å². The molecule has 282 valence electrons. The van der Waals surface area contributed by atoms with Gasteiger partial charge < -0.3 is 35.5 Å². The SMILES string of the molecule is CC(=O)Nc1cccc(NC(=O)c2cc(OCc3cc(OCc4ccccc4)cc(OCc4ccccc4)c3)cc(C(=O)Nc3cccc(NC(C)=O)n3)c2)n1. The van der Waals surface area contributed by atoms with Crippen molar-refractivity contribution in [2.75, 3.05) is 21.3 Å². The standard InChI is InChI=1S/C43H38N6O7/c1-28(50)44-38-15-9-17-40(46-38)48-42(52)33-21-34(43(53)49-41-18-10-16-39(47-41)45-29(2)51)23-37(22-33)56-27-32-19-35(54-25-30-11-5-3-6-12-30)24-36(20-32)55-26-31-13-7-4-8-14-31/h3-24H,25-27H2,1-2H3,(H2,44,46,48,50,52)(H2,45,47,49,51,53). The molecule has 6 aromatic rings. The highest BCUT2D eigenvalue weighted by Gasteiger charge is 2.17. The van der Waals surface area contributed by atoms with Gasteiger partial charge in [0, 0.05) is 31.0 Å². The lowest BCUT2D eigenvalue weighted by molar-refractivity contribution is -0.115. The van der Waals surface area contributed by atoms with E-state index >= 15 is 0 Å². The molecule has 2 aromatic heterocycles. The highest BCUT2D eigenvalue weighted by molar-refractivity contribution is 6.09.